The molecule has 1 aliphatic carbocycles. The molecule has 7 heteroatoms. The Kier molecular flexibility index (Phi) is 3.82. The van der Waals surface area contributed by atoms with E-state index in [4.69, 9.17) is 0 Å². The molecule has 3 N–H and O–H groups in total. The number of benzene rings is 1. The number of hydrogen-bond donors (Lipinski definition) is 3. The van der Waals surface area contributed by atoms with Crippen molar-refractivity contribution in [3.8, 4) is 0 Å². The number of para-hydroxylation sites is 1. The van der Waals surface area contributed by atoms with Crippen LogP contribution in [0.2, 0.25) is 0 Å². The van der Waals surface area contributed by atoms with Crippen LogP contribution in [-0.4, -0.2) is 32.1 Å². The van der Waals surface area contributed by atoms with Crippen molar-refractivity contribution in [3.05, 3.63) is 52.8 Å². The van der Waals surface area contributed by atoms with Crippen LogP contribution in [0.1, 0.15) is 22.4 Å². The Hall–Kier alpha value is -2.93. The van der Waals surface area contributed by atoms with Gasteiger partial charge in [-0.05, 0) is 36.5 Å². The maximum atomic E-state index is 12.0. The molecule has 4 aromatic rings. The molecule has 5 rings (SSSR count). The molecule has 6 nitrogen and oxygen atoms in total. The maximum Gasteiger partial charge on any atom is 0.326 e. The van der Waals surface area contributed by atoms with Gasteiger partial charge in [-0.1, -0.05) is 18.2 Å². The number of aliphatic carboxylic acids is 1. The number of thiophene rings is 1. The van der Waals surface area contributed by atoms with Crippen LogP contribution in [0.5, 0.6) is 0 Å². The van der Waals surface area contributed by atoms with Crippen LogP contribution in [-0.2, 0) is 24.1 Å². The molecule has 0 amide bonds. The van der Waals surface area contributed by atoms with Gasteiger partial charge in [-0.2, -0.15) is 0 Å². The standard InChI is InChI=1S/C20H18N4O2S/c25-20(26)15(8-11-9-21-14-6-2-1-4-12(11)14)24-18-17-13-5-3-7-16(13)27-19(17)23-10-22-18/h1-2,4,6,9-10,15,21H,3,5,7-8H2,(H,25,26)(H,22,23,24)/t15-/m1/s1. The molecule has 0 saturated heterocycles. The third-order valence-electron chi connectivity index (χ3n) is 5.21. The number of nitrogens with zero attached hydrogens (tertiary/aromatic N) is 2. The van der Waals surface area contributed by atoms with E-state index in [0.717, 1.165) is 45.9 Å². The summed E-state index contributed by atoms with van der Waals surface area (Å²) in [7, 11) is 0. The lowest BCUT2D eigenvalue weighted by molar-refractivity contribution is -0.137. The molecule has 1 aromatic carbocycles. The number of anilines is 1. The number of aromatic amines is 1. The van der Waals surface area contributed by atoms with E-state index in [9.17, 15) is 9.90 Å². The molecule has 27 heavy (non-hydrogen) atoms. The van der Waals surface area contributed by atoms with E-state index in [0.29, 0.717) is 12.2 Å². The first kappa shape index (κ1) is 16.3. The SMILES string of the molecule is O=C(O)[C@@H](Cc1c[nH]c2ccccc12)Nc1ncnc2sc3c(c12)CCC3. The maximum absolute atomic E-state index is 12.0. The fraction of sp³-hybridized carbons (Fsp3) is 0.250. The van der Waals surface area contributed by atoms with Crippen LogP contribution < -0.4 is 5.32 Å². The lowest BCUT2D eigenvalue weighted by Crippen LogP contribution is -2.32. The number of fused-ring (bicyclic) bond motifs is 4. The fourth-order valence-corrected chi connectivity index (χ4v) is 5.15. The summed E-state index contributed by atoms with van der Waals surface area (Å²) in [5, 5.41) is 15.0. The second kappa shape index (κ2) is 6.35. The molecule has 1 aliphatic rings. The highest BCUT2D eigenvalue weighted by atomic mass is 32.1. The molecule has 0 spiro atoms. The zero-order valence-corrected chi connectivity index (χ0v) is 15.3. The second-order valence-corrected chi connectivity index (χ2v) is 7.94. The van der Waals surface area contributed by atoms with E-state index < -0.39 is 12.0 Å². The Bertz CT molecular complexity index is 1160. The number of carboxylic acid groups (broad SMARTS) is 1. The number of carbonyl (C=O) groups is 1. The van der Waals surface area contributed by atoms with Crippen molar-refractivity contribution in [2.24, 2.45) is 0 Å². The van der Waals surface area contributed by atoms with Crippen molar-refractivity contribution in [1.82, 2.24) is 15.0 Å². The van der Waals surface area contributed by atoms with Gasteiger partial charge in [-0.25, -0.2) is 14.8 Å². The van der Waals surface area contributed by atoms with Crippen LogP contribution in [0.15, 0.2) is 36.8 Å². The van der Waals surface area contributed by atoms with Crippen molar-refractivity contribution in [3.63, 3.8) is 0 Å². The van der Waals surface area contributed by atoms with Crippen molar-refractivity contribution >= 4 is 44.2 Å². The van der Waals surface area contributed by atoms with Gasteiger partial charge in [0.15, 0.2) is 0 Å². The van der Waals surface area contributed by atoms with E-state index in [2.05, 4.69) is 20.3 Å². The summed E-state index contributed by atoms with van der Waals surface area (Å²) in [6.07, 6.45) is 7.01. The van der Waals surface area contributed by atoms with Crippen LogP contribution in [0.3, 0.4) is 0 Å². The van der Waals surface area contributed by atoms with Gasteiger partial charge < -0.3 is 15.4 Å². The minimum absolute atomic E-state index is 0.372. The lowest BCUT2D eigenvalue weighted by Gasteiger charge is -2.16. The third-order valence-corrected chi connectivity index (χ3v) is 6.41. The lowest BCUT2D eigenvalue weighted by atomic mass is 10.0. The monoisotopic (exact) mass is 378 g/mol. The molecule has 0 unspecified atom stereocenters. The largest absolute Gasteiger partial charge is 0.480 e. The zero-order valence-electron chi connectivity index (χ0n) is 14.5. The van der Waals surface area contributed by atoms with Crippen LogP contribution in [0.4, 0.5) is 5.82 Å². The summed E-state index contributed by atoms with van der Waals surface area (Å²) in [4.78, 5) is 26.2. The Morgan fingerprint density at radius 1 is 1.30 bits per heavy atom. The second-order valence-electron chi connectivity index (χ2n) is 6.86. The summed E-state index contributed by atoms with van der Waals surface area (Å²) >= 11 is 1.70. The zero-order chi connectivity index (χ0) is 18.4. The number of aryl methyl sites for hydroxylation is 2. The minimum atomic E-state index is -0.890. The fourth-order valence-electron chi connectivity index (χ4n) is 3.92. The van der Waals surface area contributed by atoms with Crippen LogP contribution in [0, 0.1) is 0 Å². The van der Waals surface area contributed by atoms with E-state index in [1.165, 1.54) is 16.8 Å². The first-order valence-corrected chi connectivity index (χ1v) is 9.82. The summed E-state index contributed by atoms with van der Waals surface area (Å²) in [6, 6.07) is 7.16. The van der Waals surface area contributed by atoms with Gasteiger partial charge in [-0.3, -0.25) is 0 Å². The van der Waals surface area contributed by atoms with Crippen molar-refractivity contribution in [2.75, 3.05) is 5.32 Å². The van der Waals surface area contributed by atoms with Crippen molar-refractivity contribution in [1.29, 1.82) is 0 Å². The topological polar surface area (TPSA) is 90.9 Å². The van der Waals surface area contributed by atoms with Gasteiger partial charge in [0.25, 0.3) is 0 Å². The van der Waals surface area contributed by atoms with Gasteiger partial charge in [0, 0.05) is 28.4 Å². The summed E-state index contributed by atoms with van der Waals surface area (Å²) < 4.78 is 0. The van der Waals surface area contributed by atoms with Crippen LogP contribution >= 0.6 is 11.3 Å². The Morgan fingerprint density at radius 2 is 2.19 bits per heavy atom. The summed E-state index contributed by atoms with van der Waals surface area (Å²) in [5.41, 5.74) is 3.28. The average molecular weight is 378 g/mol. The smallest absolute Gasteiger partial charge is 0.326 e. The average Bonchev–Trinajstić information content (AvgIpc) is 3.35. The molecule has 0 aliphatic heterocycles. The Morgan fingerprint density at radius 3 is 3.07 bits per heavy atom. The summed E-state index contributed by atoms with van der Waals surface area (Å²) in [6.45, 7) is 0. The first-order chi connectivity index (χ1) is 13.2. The van der Waals surface area contributed by atoms with Crippen molar-refractivity contribution in [2.45, 2.75) is 31.7 Å². The van der Waals surface area contributed by atoms with Crippen molar-refractivity contribution < 1.29 is 9.90 Å². The molecular formula is C20H18N4O2S. The predicted octanol–water partition coefficient (Wildman–Crippen LogP) is 3.77. The molecule has 0 fully saturated rings. The Labute approximate surface area is 159 Å². The highest BCUT2D eigenvalue weighted by Crippen LogP contribution is 2.39. The number of carboxylic acids is 1. The molecule has 3 heterocycles. The van der Waals surface area contributed by atoms with E-state index >= 15 is 0 Å². The van der Waals surface area contributed by atoms with E-state index in [1.54, 1.807) is 11.3 Å². The molecule has 0 bridgehead atoms. The van der Waals surface area contributed by atoms with Gasteiger partial charge >= 0.3 is 5.97 Å². The summed E-state index contributed by atoms with van der Waals surface area (Å²) in [5.74, 6) is -0.259. The third kappa shape index (κ3) is 2.75. The highest BCUT2D eigenvalue weighted by molar-refractivity contribution is 7.19. The van der Waals surface area contributed by atoms with Gasteiger partial charge in [-0.15, -0.1) is 11.3 Å². The van der Waals surface area contributed by atoms with Gasteiger partial charge in [0.2, 0.25) is 0 Å². The minimum Gasteiger partial charge on any atom is -0.480 e. The normalized spacial score (nSPS) is 14.5. The quantitative estimate of drug-likeness (QED) is 0.492. The highest BCUT2D eigenvalue weighted by Gasteiger charge is 2.25. The molecule has 136 valence electrons. The number of hydrogen-bond acceptors (Lipinski definition) is 5. The molecular weight excluding hydrogens is 360 g/mol. The molecule has 3 aromatic heterocycles. The predicted molar refractivity (Wildman–Crippen MR) is 106 cm³/mol. The number of rotatable bonds is 5. The number of nitrogens with one attached hydrogen (secondary N) is 2. The Balaban J connectivity index is 1.51. The van der Waals surface area contributed by atoms with Crippen LogP contribution in [0.25, 0.3) is 21.1 Å². The van der Waals surface area contributed by atoms with E-state index in [-0.39, 0.29) is 0 Å². The number of H-pyrrole nitrogens is 1. The van der Waals surface area contributed by atoms with Gasteiger partial charge in [0.1, 0.15) is 23.0 Å². The van der Waals surface area contributed by atoms with Gasteiger partial charge in [0.05, 0.1) is 5.39 Å². The van der Waals surface area contributed by atoms with E-state index in [1.807, 2.05) is 30.5 Å². The molecule has 0 saturated carbocycles. The number of aromatic nitrogens is 3. The first-order valence-electron chi connectivity index (χ1n) is 9.00. The molecule has 0 radical (unpaired) electrons. The molecule has 1 atom stereocenters.